The van der Waals surface area contributed by atoms with Crippen molar-refractivity contribution >= 4 is 17.4 Å². The van der Waals surface area contributed by atoms with Gasteiger partial charge >= 0.3 is 0 Å². The Morgan fingerprint density at radius 3 is 2.56 bits per heavy atom. The fraction of sp³-hybridized carbons (Fsp3) is 0.250. The van der Waals surface area contributed by atoms with Crippen molar-refractivity contribution in [1.82, 2.24) is 9.55 Å². The van der Waals surface area contributed by atoms with Crippen molar-refractivity contribution in [2.75, 3.05) is 5.73 Å². The number of rotatable bonds is 3. The van der Waals surface area contributed by atoms with Crippen molar-refractivity contribution in [1.29, 1.82) is 0 Å². The van der Waals surface area contributed by atoms with Gasteiger partial charge in [0.2, 0.25) is 0 Å². The Bertz CT molecular complexity index is 461. The van der Waals surface area contributed by atoms with E-state index in [2.05, 4.69) is 24.0 Å². The standard InChI is InChI=1S/C12H15N3S/c1-9(10-3-5-11(13)6-4-10)16-12-14-7-8-15(12)2/h3-9H,13H2,1-2H3. The number of nitrogen functional groups attached to an aromatic ring is 1. The summed E-state index contributed by atoms with van der Waals surface area (Å²) in [5.41, 5.74) is 7.73. The molecule has 84 valence electrons. The van der Waals surface area contributed by atoms with Gasteiger partial charge in [0, 0.05) is 30.4 Å². The van der Waals surface area contributed by atoms with E-state index in [9.17, 15) is 0 Å². The van der Waals surface area contributed by atoms with Gasteiger partial charge in [-0.25, -0.2) is 4.98 Å². The Labute approximate surface area is 99.7 Å². The molecule has 1 atom stereocenters. The summed E-state index contributed by atoms with van der Waals surface area (Å²) in [6.07, 6.45) is 3.77. The van der Waals surface area contributed by atoms with Gasteiger partial charge in [0.1, 0.15) is 0 Å². The summed E-state index contributed by atoms with van der Waals surface area (Å²) in [5, 5.41) is 1.41. The van der Waals surface area contributed by atoms with Gasteiger partial charge in [0.05, 0.1) is 0 Å². The molecule has 16 heavy (non-hydrogen) atoms. The molecule has 0 saturated carbocycles. The van der Waals surface area contributed by atoms with Crippen LogP contribution >= 0.6 is 11.8 Å². The number of aryl methyl sites for hydroxylation is 1. The summed E-state index contributed by atoms with van der Waals surface area (Å²) < 4.78 is 2.03. The quantitative estimate of drug-likeness (QED) is 0.655. The molecule has 4 heteroatoms. The van der Waals surface area contributed by atoms with Crippen LogP contribution in [0.2, 0.25) is 0 Å². The average Bonchev–Trinajstić information content (AvgIpc) is 2.65. The van der Waals surface area contributed by atoms with Crippen LogP contribution in [0.15, 0.2) is 41.8 Å². The fourth-order valence-electron chi connectivity index (χ4n) is 1.46. The molecule has 0 bridgehead atoms. The molecule has 0 aliphatic rings. The van der Waals surface area contributed by atoms with Crippen LogP contribution in [-0.4, -0.2) is 9.55 Å². The molecule has 0 radical (unpaired) electrons. The van der Waals surface area contributed by atoms with E-state index in [0.717, 1.165) is 10.8 Å². The van der Waals surface area contributed by atoms with Crippen LogP contribution in [0.3, 0.4) is 0 Å². The second-order valence-corrected chi connectivity index (χ2v) is 5.06. The van der Waals surface area contributed by atoms with Crippen LogP contribution in [0.25, 0.3) is 0 Å². The Balaban J connectivity index is 2.11. The fourth-order valence-corrected chi connectivity index (χ4v) is 2.42. The largest absolute Gasteiger partial charge is 0.399 e. The number of hydrogen-bond donors (Lipinski definition) is 1. The summed E-state index contributed by atoms with van der Waals surface area (Å²) in [6, 6.07) is 8.00. The highest BCUT2D eigenvalue weighted by atomic mass is 32.2. The van der Waals surface area contributed by atoms with Crippen LogP contribution in [0.5, 0.6) is 0 Å². The van der Waals surface area contributed by atoms with E-state index >= 15 is 0 Å². The van der Waals surface area contributed by atoms with Gasteiger partial charge in [-0.1, -0.05) is 23.9 Å². The molecule has 0 aliphatic carbocycles. The van der Waals surface area contributed by atoms with E-state index in [1.54, 1.807) is 11.8 Å². The zero-order valence-corrected chi connectivity index (χ0v) is 10.2. The molecule has 1 heterocycles. The molecular formula is C12H15N3S. The maximum Gasteiger partial charge on any atom is 0.168 e. The third kappa shape index (κ3) is 2.39. The summed E-state index contributed by atoms with van der Waals surface area (Å²) in [5.74, 6) is 0. The third-order valence-corrected chi connectivity index (χ3v) is 3.69. The van der Waals surface area contributed by atoms with Gasteiger partial charge in [-0.3, -0.25) is 0 Å². The zero-order valence-electron chi connectivity index (χ0n) is 9.42. The number of hydrogen-bond acceptors (Lipinski definition) is 3. The molecule has 1 aromatic heterocycles. The summed E-state index contributed by atoms with van der Waals surface area (Å²) in [6.45, 7) is 2.17. The van der Waals surface area contributed by atoms with Crippen molar-refractivity contribution in [3.63, 3.8) is 0 Å². The van der Waals surface area contributed by atoms with Crippen molar-refractivity contribution < 1.29 is 0 Å². The first-order valence-electron chi connectivity index (χ1n) is 5.16. The molecule has 2 aromatic rings. The topological polar surface area (TPSA) is 43.8 Å². The van der Waals surface area contributed by atoms with Gasteiger partial charge in [0.15, 0.2) is 5.16 Å². The normalized spacial score (nSPS) is 12.6. The lowest BCUT2D eigenvalue weighted by Gasteiger charge is -2.11. The second kappa shape index (κ2) is 4.61. The van der Waals surface area contributed by atoms with Crippen LogP contribution in [0, 0.1) is 0 Å². The lowest BCUT2D eigenvalue weighted by atomic mass is 10.1. The first-order chi connectivity index (χ1) is 7.66. The number of imidazole rings is 1. The van der Waals surface area contributed by atoms with Crippen molar-refractivity contribution in [3.8, 4) is 0 Å². The van der Waals surface area contributed by atoms with Gasteiger partial charge in [-0.15, -0.1) is 0 Å². The minimum absolute atomic E-state index is 0.377. The van der Waals surface area contributed by atoms with Gasteiger partial charge < -0.3 is 10.3 Å². The lowest BCUT2D eigenvalue weighted by molar-refractivity contribution is 0.786. The predicted molar refractivity (Wildman–Crippen MR) is 68.3 cm³/mol. The SMILES string of the molecule is CC(Sc1nccn1C)c1ccc(N)cc1. The lowest BCUT2D eigenvalue weighted by Crippen LogP contribution is -1.94. The molecule has 0 spiro atoms. The summed E-state index contributed by atoms with van der Waals surface area (Å²) in [4.78, 5) is 4.30. The third-order valence-electron chi connectivity index (χ3n) is 2.47. The number of nitrogens with zero attached hydrogens (tertiary/aromatic N) is 2. The average molecular weight is 233 g/mol. The molecule has 2 rings (SSSR count). The molecule has 1 unspecified atom stereocenters. The smallest absolute Gasteiger partial charge is 0.168 e. The van der Waals surface area contributed by atoms with Gasteiger partial charge in [0.25, 0.3) is 0 Å². The number of benzene rings is 1. The van der Waals surface area contributed by atoms with Gasteiger partial charge in [-0.05, 0) is 24.6 Å². The Kier molecular flexibility index (Phi) is 3.19. The highest BCUT2D eigenvalue weighted by Gasteiger charge is 2.09. The predicted octanol–water partition coefficient (Wildman–Crippen LogP) is 2.86. The minimum atomic E-state index is 0.377. The van der Waals surface area contributed by atoms with Crippen LogP contribution in [0.1, 0.15) is 17.7 Å². The molecule has 0 aliphatic heterocycles. The van der Waals surface area contributed by atoms with E-state index in [1.807, 2.05) is 36.1 Å². The molecule has 3 nitrogen and oxygen atoms in total. The van der Waals surface area contributed by atoms with Crippen LogP contribution in [0.4, 0.5) is 5.69 Å². The van der Waals surface area contributed by atoms with Crippen molar-refractivity contribution in [3.05, 3.63) is 42.2 Å². The van der Waals surface area contributed by atoms with E-state index in [-0.39, 0.29) is 0 Å². The molecular weight excluding hydrogens is 218 g/mol. The number of nitrogens with two attached hydrogens (primary N) is 1. The summed E-state index contributed by atoms with van der Waals surface area (Å²) >= 11 is 1.75. The Morgan fingerprint density at radius 1 is 1.31 bits per heavy atom. The zero-order chi connectivity index (χ0) is 11.5. The molecule has 0 saturated heterocycles. The van der Waals surface area contributed by atoms with E-state index < -0.39 is 0 Å². The maximum atomic E-state index is 5.66. The Hall–Kier alpha value is -1.42. The van der Waals surface area contributed by atoms with Crippen LogP contribution in [-0.2, 0) is 7.05 Å². The van der Waals surface area contributed by atoms with E-state index in [4.69, 9.17) is 5.73 Å². The van der Waals surface area contributed by atoms with Crippen molar-refractivity contribution in [2.24, 2.45) is 7.05 Å². The number of anilines is 1. The molecule has 1 aromatic carbocycles. The number of thioether (sulfide) groups is 1. The maximum absolute atomic E-state index is 5.66. The van der Waals surface area contributed by atoms with Crippen molar-refractivity contribution in [2.45, 2.75) is 17.3 Å². The second-order valence-electron chi connectivity index (χ2n) is 3.75. The highest BCUT2D eigenvalue weighted by Crippen LogP contribution is 2.33. The van der Waals surface area contributed by atoms with Crippen LogP contribution < -0.4 is 5.73 Å². The Morgan fingerprint density at radius 2 is 2.00 bits per heavy atom. The highest BCUT2D eigenvalue weighted by molar-refractivity contribution is 7.99. The monoisotopic (exact) mass is 233 g/mol. The molecule has 0 amide bonds. The summed E-state index contributed by atoms with van der Waals surface area (Å²) in [7, 11) is 2.00. The van der Waals surface area contributed by atoms with E-state index in [0.29, 0.717) is 5.25 Å². The first kappa shape index (κ1) is 11.1. The van der Waals surface area contributed by atoms with E-state index in [1.165, 1.54) is 5.56 Å². The van der Waals surface area contributed by atoms with Gasteiger partial charge in [-0.2, -0.15) is 0 Å². The number of aromatic nitrogens is 2. The molecule has 0 fully saturated rings. The first-order valence-corrected chi connectivity index (χ1v) is 6.04. The minimum Gasteiger partial charge on any atom is -0.399 e. The molecule has 2 N–H and O–H groups in total.